The fourth-order valence-corrected chi connectivity index (χ4v) is 6.18. The largest absolute Gasteiger partial charge is 0.366 e. The quantitative estimate of drug-likeness (QED) is 0.400. The van der Waals surface area contributed by atoms with Crippen LogP contribution in [-0.4, -0.2) is 44.6 Å². The topological polar surface area (TPSA) is 26.3 Å². The fourth-order valence-electron chi connectivity index (χ4n) is 1.61. The predicted molar refractivity (Wildman–Crippen MR) is 80.9 cm³/mol. The lowest BCUT2D eigenvalue weighted by Crippen LogP contribution is -2.22. The number of hydrogen-bond donors (Lipinski definition) is 0. The second-order valence-electron chi connectivity index (χ2n) is 4.98. The lowest BCUT2D eigenvalue weighted by Gasteiger charge is -2.31. The molecule has 0 heterocycles. The van der Waals surface area contributed by atoms with Gasteiger partial charge in [-0.05, 0) is 46.1 Å². The van der Waals surface area contributed by atoms with E-state index in [-0.39, 0.29) is 27.9 Å². The molecule has 0 spiro atoms. The van der Waals surface area contributed by atoms with Crippen molar-refractivity contribution in [3.63, 3.8) is 0 Å². The summed E-state index contributed by atoms with van der Waals surface area (Å²) in [7, 11) is -0.136. The molecule has 0 N–H and O–H groups in total. The van der Waals surface area contributed by atoms with Gasteiger partial charge < -0.3 is 4.74 Å². The van der Waals surface area contributed by atoms with E-state index in [1.165, 1.54) is 0 Å². The molecule has 4 heteroatoms. The van der Waals surface area contributed by atoms with Gasteiger partial charge in [-0.25, -0.2) is 0 Å². The van der Waals surface area contributed by atoms with Gasteiger partial charge in [-0.15, -0.1) is 0 Å². The summed E-state index contributed by atoms with van der Waals surface area (Å²) >= 11 is 0. The number of hydrogen-bond acceptors (Lipinski definition) is 2. The minimum Gasteiger partial charge on any atom is -0.366 e. The Kier molecular flexibility index (Phi) is 8.47. The standard InChI is InChI=1S/C13H26O2P2/c1-10(9-14)8-11(2)12(3)15-13(16(4)5)17(6)7/h8-9,11-13H,1-7H3/b10-8+/t11-,12+/m0/s1. The number of allylic oxidation sites excluding steroid dienone is 1. The van der Waals surface area contributed by atoms with Crippen LogP contribution < -0.4 is 0 Å². The maximum atomic E-state index is 10.6. The van der Waals surface area contributed by atoms with E-state index in [1.807, 2.05) is 13.0 Å². The van der Waals surface area contributed by atoms with Crippen LogP contribution in [0.4, 0.5) is 0 Å². The third-order valence-electron chi connectivity index (χ3n) is 2.67. The van der Waals surface area contributed by atoms with Gasteiger partial charge in [0.25, 0.3) is 0 Å². The molecular weight excluding hydrogens is 250 g/mol. The first kappa shape index (κ1) is 17.2. The summed E-state index contributed by atoms with van der Waals surface area (Å²) in [5, 5.41) is 0. The summed E-state index contributed by atoms with van der Waals surface area (Å²) < 4.78 is 6.18. The van der Waals surface area contributed by atoms with Gasteiger partial charge in [0.15, 0.2) is 0 Å². The summed E-state index contributed by atoms with van der Waals surface area (Å²) in [5.41, 5.74) is 1.19. The van der Waals surface area contributed by atoms with Crippen LogP contribution in [0.15, 0.2) is 11.6 Å². The highest BCUT2D eigenvalue weighted by Gasteiger charge is 2.22. The maximum Gasteiger partial charge on any atom is 0.145 e. The Labute approximate surface area is 109 Å². The molecule has 0 unspecified atom stereocenters. The number of carbonyl (C=O) groups excluding carboxylic acids is 1. The Hall–Kier alpha value is 0.230. The van der Waals surface area contributed by atoms with Crippen molar-refractivity contribution in [2.75, 3.05) is 26.7 Å². The summed E-state index contributed by atoms with van der Waals surface area (Å²) in [6.45, 7) is 15.1. The lowest BCUT2D eigenvalue weighted by atomic mass is 10.0. The number of rotatable bonds is 7. The third kappa shape index (κ3) is 6.65. The number of aldehydes is 1. The molecule has 0 amide bonds. The highest BCUT2D eigenvalue weighted by molar-refractivity contribution is 7.74. The second-order valence-corrected chi connectivity index (χ2v) is 10.2. The van der Waals surface area contributed by atoms with E-state index in [9.17, 15) is 4.79 Å². The molecule has 0 radical (unpaired) electrons. The van der Waals surface area contributed by atoms with E-state index in [4.69, 9.17) is 4.74 Å². The van der Waals surface area contributed by atoms with Crippen molar-refractivity contribution in [1.29, 1.82) is 0 Å². The van der Waals surface area contributed by atoms with Crippen molar-refractivity contribution in [2.45, 2.75) is 32.5 Å². The van der Waals surface area contributed by atoms with Crippen LogP contribution in [0.2, 0.25) is 0 Å². The van der Waals surface area contributed by atoms with Crippen molar-refractivity contribution in [2.24, 2.45) is 5.92 Å². The van der Waals surface area contributed by atoms with Crippen LogP contribution >= 0.6 is 15.8 Å². The van der Waals surface area contributed by atoms with E-state index in [2.05, 4.69) is 40.5 Å². The van der Waals surface area contributed by atoms with Gasteiger partial charge in [-0.3, -0.25) is 4.79 Å². The Morgan fingerprint density at radius 1 is 1.12 bits per heavy atom. The maximum absolute atomic E-state index is 10.6. The van der Waals surface area contributed by atoms with Crippen LogP contribution in [0.3, 0.4) is 0 Å². The molecule has 0 saturated heterocycles. The summed E-state index contributed by atoms with van der Waals surface area (Å²) in [4.78, 5) is 10.6. The van der Waals surface area contributed by atoms with Crippen molar-refractivity contribution >= 4 is 22.1 Å². The summed E-state index contributed by atoms with van der Waals surface area (Å²) in [6.07, 6.45) is 3.07. The minimum absolute atomic E-state index is 0.0682. The average Bonchev–Trinajstić information content (AvgIpc) is 2.23. The Balaban J connectivity index is 4.50. The van der Waals surface area contributed by atoms with Crippen molar-refractivity contribution in [3.05, 3.63) is 11.6 Å². The number of carbonyl (C=O) groups is 1. The van der Waals surface area contributed by atoms with Crippen LogP contribution in [0.1, 0.15) is 20.8 Å². The predicted octanol–water partition coefficient (Wildman–Crippen LogP) is 3.94. The number of ether oxygens (including phenoxy) is 1. The first-order chi connectivity index (χ1) is 7.79. The normalized spacial score (nSPS) is 16.7. The van der Waals surface area contributed by atoms with E-state index >= 15 is 0 Å². The molecule has 0 fully saturated rings. The monoisotopic (exact) mass is 276 g/mol. The van der Waals surface area contributed by atoms with E-state index in [1.54, 1.807) is 0 Å². The third-order valence-corrected chi connectivity index (χ3v) is 7.45. The Morgan fingerprint density at radius 2 is 1.59 bits per heavy atom. The van der Waals surface area contributed by atoms with Gasteiger partial charge >= 0.3 is 0 Å². The average molecular weight is 276 g/mol. The smallest absolute Gasteiger partial charge is 0.145 e. The molecule has 0 aromatic carbocycles. The Morgan fingerprint density at radius 3 is 1.94 bits per heavy atom. The molecular formula is C13H26O2P2. The molecule has 0 aromatic rings. The van der Waals surface area contributed by atoms with Gasteiger partial charge in [0.2, 0.25) is 0 Å². The van der Waals surface area contributed by atoms with E-state index in [0.717, 1.165) is 11.9 Å². The zero-order valence-corrected chi connectivity index (χ0v) is 13.9. The molecule has 0 rings (SSSR count). The summed E-state index contributed by atoms with van der Waals surface area (Å²) in [6, 6.07) is 0. The molecule has 0 aromatic heterocycles. The molecule has 0 aliphatic heterocycles. The molecule has 2 nitrogen and oxygen atoms in total. The molecule has 0 saturated carbocycles. The molecule has 0 bridgehead atoms. The fraction of sp³-hybridized carbons (Fsp3) is 0.769. The second kappa shape index (κ2) is 8.35. The zero-order valence-electron chi connectivity index (χ0n) is 12.1. The van der Waals surface area contributed by atoms with Gasteiger partial charge in [-0.2, -0.15) is 0 Å². The van der Waals surface area contributed by atoms with Crippen molar-refractivity contribution in [1.82, 2.24) is 0 Å². The molecule has 2 atom stereocenters. The highest BCUT2D eigenvalue weighted by Crippen LogP contribution is 2.51. The molecule has 100 valence electrons. The summed E-state index contributed by atoms with van der Waals surface area (Å²) in [5.74, 6) is 0.285. The minimum atomic E-state index is -0.0682. The molecule has 17 heavy (non-hydrogen) atoms. The van der Waals surface area contributed by atoms with Crippen LogP contribution in [0, 0.1) is 5.92 Å². The molecule has 0 aliphatic carbocycles. The van der Waals surface area contributed by atoms with E-state index < -0.39 is 0 Å². The lowest BCUT2D eigenvalue weighted by molar-refractivity contribution is -0.104. The van der Waals surface area contributed by atoms with Crippen LogP contribution in [-0.2, 0) is 9.53 Å². The van der Waals surface area contributed by atoms with E-state index in [0.29, 0.717) is 5.59 Å². The van der Waals surface area contributed by atoms with Gasteiger partial charge in [-0.1, -0.05) is 28.8 Å². The highest BCUT2D eigenvalue weighted by atomic mass is 31.2. The zero-order chi connectivity index (χ0) is 13.6. The van der Waals surface area contributed by atoms with Crippen molar-refractivity contribution in [3.8, 4) is 0 Å². The van der Waals surface area contributed by atoms with Gasteiger partial charge in [0.05, 0.1) is 11.7 Å². The van der Waals surface area contributed by atoms with Crippen LogP contribution in [0.5, 0.6) is 0 Å². The van der Waals surface area contributed by atoms with Gasteiger partial charge in [0.1, 0.15) is 6.29 Å². The van der Waals surface area contributed by atoms with Gasteiger partial charge in [0, 0.05) is 5.92 Å². The van der Waals surface area contributed by atoms with Crippen molar-refractivity contribution < 1.29 is 9.53 Å². The molecule has 0 aliphatic rings. The van der Waals surface area contributed by atoms with Crippen LogP contribution in [0.25, 0.3) is 0 Å². The first-order valence-corrected chi connectivity index (χ1v) is 10.5. The SMILES string of the molecule is C/C(C=O)=C\[C@H](C)[C@@H](C)OC(P(C)C)P(C)C. The first-order valence-electron chi connectivity index (χ1n) is 5.91. The Bertz CT molecular complexity index is 254.